The Morgan fingerprint density at radius 2 is 2.31 bits per heavy atom. The van der Waals surface area contributed by atoms with E-state index in [1.54, 1.807) is 12.4 Å². The molecule has 4 heteroatoms. The molecule has 0 saturated heterocycles. The number of nitrogens with one attached hydrogen (secondary N) is 1. The van der Waals surface area contributed by atoms with Crippen LogP contribution in [0.4, 0.5) is 5.69 Å². The van der Waals surface area contributed by atoms with Crippen LogP contribution >= 0.6 is 11.8 Å². The van der Waals surface area contributed by atoms with Gasteiger partial charge in [-0.3, -0.25) is 4.98 Å². The summed E-state index contributed by atoms with van der Waals surface area (Å²) in [4.78, 5) is 3.93. The van der Waals surface area contributed by atoms with Crippen molar-refractivity contribution < 1.29 is 0 Å². The Morgan fingerprint density at radius 1 is 1.56 bits per heavy atom. The predicted octanol–water partition coefficient (Wildman–Crippen LogP) is 2.90. The number of anilines is 1. The molecule has 1 aromatic rings. The number of rotatable bonds is 5. The summed E-state index contributed by atoms with van der Waals surface area (Å²) in [6.45, 7) is 7.38. The molecule has 0 aromatic carbocycles. The van der Waals surface area contributed by atoms with Crippen LogP contribution in [0.15, 0.2) is 18.5 Å². The van der Waals surface area contributed by atoms with Gasteiger partial charge in [-0.1, -0.05) is 6.92 Å². The quantitative estimate of drug-likeness (QED) is 0.852. The third-order valence-corrected chi connectivity index (χ3v) is 3.40. The van der Waals surface area contributed by atoms with Gasteiger partial charge in [-0.2, -0.15) is 17.0 Å². The van der Waals surface area contributed by atoms with E-state index in [2.05, 4.69) is 37.1 Å². The molecule has 86 valence electrons. The summed E-state index contributed by atoms with van der Waals surface area (Å²) in [5, 5.41) is 12.2. The Labute approximate surface area is 101 Å². The molecule has 0 atom stereocenters. The van der Waals surface area contributed by atoms with Crippen LogP contribution in [0.2, 0.25) is 0 Å². The molecule has 0 fully saturated rings. The van der Waals surface area contributed by atoms with Crippen LogP contribution in [0.3, 0.4) is 0 Å². The number of hydrogen-bond donors (Lipinski definition) is 1. The molecule has 1 rings (SSSR count). The first-order valence-corrected chi connectivity index (χ1v) is 6.29. The highest BCUT2D eigenvalue weighted by atomic mass is 32.2. The smallest absolute Gasteiger partial charge is 0.103 e. The summed E-state index contributed by atoms with van der Waals surface area (Å²) in [6.07, 6.45) is 3.28. The van der Waals surface area contributed by atoms with Crippen molar-refractivity contribution in [3.63, 3.8) is 0 Å². The van der Waals surface area contributed by atoms with Gasteiger partial charge < -0.3 is 5.32 Å². The van der Waals surface area contributed by atoms with E-state index in [1.807, 2.05) is 17.8 Å². The van der Waals surface area contributed by atoms with Gasteiger partial charge in [-0.15, -0.1) is 0 Å². The molecule has 0 aliphatic heterocycles. The highest BCUT2D eigenvalue weighted by molar-refractivity contribution is 8.00. The standard InChI is InChI=1S/C12H17N3S/c1-4-16-12(2,3)9-15-11-5-6-14-8-10(11)7-13/h5-6,8H,4,9H2,1-3H3,(H,14,15). The summed E-state index contributed by atoms with van der Waals surface area (Å²) in [5.41, 5.74) is 1.46. The van der Waals surface area contributed by atoms with Gasteiger partial charge in [0.15, 0.2) is 0 Å². The van der Waals surface area contributed by atoms with Crippen molar-refractivity contribution in [3.8, 4) is 6.07 Å². The van der Waals surface area contributed by atoms with Crippen molar-refractivity contribution >= 4 is 17.4 Å². The Morgan fingerprint density at radius 3 is 2.94 bits per heavy atom. The van der Waals surface area contributed by atoms with Crippen LogP contribution in [-0.2, 0) is 0 Å². The Hall–Kier alpha value is -1.21. The molecule has 1 N–H and O–H groups in total. The molecule has 0 aliphatic carbocycles. The van der Waals surface area contributed by atoms with E-state index in [4.69, 9.17) is 5.26 Å². The maximum Gasteiger partial charge on any atom is 0.103 e. The monoisotopic (exact) mass is 235 g/mol. The third-order valence-electron chi connectivity index (χ3n) is 2.18. The molecule has 0 spiro atoms. The lowest BCUT2D eigenvalue weighted by Gasteiger charge is -2.24. The van der Waals surface area contributed by atoms with E-state index >= 15 is 0 Å². The normalized spacial score (nSPS) is 10.9. The summed E-state index contributed by atoms with van der Waals surface area (Å²) in [6, 6.07) is 3.97. The second kappa shape index (κ2) is 5.76. The Bertz CT molecular complexity index is 382. The first kappa shape index (κ1) is 12.9. The topological polar surface area (TPSA) is 48.7 Å². The van der Waals surface area contributed by atoms with Gasteiger partial charge in [0.25, 0.3) is 0 Å². The Balaban J connectivity index is 2.65. The lowest BCUT2D eigenvalue weighted by molar-refractivity contribution is 0.750. The van der Waals surface area contributed by atoms with Crippen LogP contribution in [0, 0.1) is 11.3 Å². The van der Waals surface area contributed by atoms with Gasteiger partial charge in [-0.05, 0) is 25.7 Å². The maximum atomic E-state index is 8.92. The van der Waals surface area contributed by atoms with Gasteiger partial charge in [0.05, 0.1) is 11.3 Å². The second-order valence-corrected chi connectivity index (χ2v) is 6.05. The number of thioether (sulfide) groups is 1. The molecule has 16 heavy (non-hydrogen) atoms. The van der Waals surface area contributed by atoms with Gasteiger partial charge in [0, 0.05) is 23.7 Å². The maximum absolute atomic E-state index is 8.92. The van der Waals surface area contributed by atoms with Gasteiger partial charge in [0.2, 0.25) is 0 Å². The van der Waals surface area contributed by atoms with Crippen molar-refractivity contribution in [2.24, 2.45) is 0 Å². The number of aromatic nitrogens is 1. The fraction of sp³-hybridized carbons (Fsp3) is 0.500. The summed E-state index contributed by atoms with van der Waals surface area (Å²) >= 11 is 1.91. The molecule has 0 aliphatic rings. The average molecular weight is 235 g/mol. The predicted molar refractivity (Wildman–Crippen MR) is 69.7 cm³/mol. The molecule has 1 aromatic heterocycles. The zero-order valence-electron chi connectivity index (χ0n) is 9.95. The lowest BCUT2D eigenvalue weighted by atomic mass is 10.2. The van der Waals surface area contributed by atoms with Crippen molar-refractivity contribution in [3.05, 3.63) is 24.0 Å². The number of pyridine rings is 1. The summed E-state index contributed by atoms with van der Waals surface area (Å²) in [7, 11) is 0. The van der Waals surface area contributed by atoms with Crippen LogP contribution in [0.25, 0.3) is 0 Å². The van der Waals surface area contributed by atoms with Crippen molar-refractivity contribution in [1.29, 1.82) is 5.26 Å². The van der Waals surface area contributed by atoms with Crippen LogP contribution in [0.5, 0.6) is 0 Å². The van der Waals surface area contributed by atoms with E-state index in [9.17, 15) is 0 Å². The summed E-state index contributed by atoms with van der Waals surface area (Å²) < 4.78 is 0.171. The van der Waals surface area contributed by atoms with Crippen molar-refractivity contribution in [1.82, 2.24) is 4.98 Å². The fourth-order valence-corrected chi connectivity index (χ4v) is 2.34. The SMILES string of the molecule is CCSC(C)(C)CNc1ccncc1C#N. The van der Waals surface area contributed by atoms with Crippen molar-refractivity contribution in [2.45, 2.75) is 25.5 Å². The first-order chi connectivity index (χ1) is 7.59. The molecule has 0 saturated carbocycles. The van der Waals surface area contributed by atoms with E-state index in [0.29, 0.717) is 5.56 Å². The number of nitrogens with zero attached hydrogens (tertiary/aromatic N) is 2. The zero-order valence-corrected chi connectivity index (χ0v) is 10.8. The highest BCUT2D eigenvalue weighted by Crippen LogP contribution is 2.24. The number of hydrogen-bond acceptors (Lipinski definition) is 4. The van der Waals surface area contributed by atoms with E-state index < -0.39 is 0 Å². The number of nitriles is 1. The van der Waals surface area contributed by atoms with E-state index in [1.165, 1.54) is 0 Å². The van der Waals surface area contributed by atoms with Crippen LogP contribution in [0.1, 0.15) is 26.3 Å². The minimum Gasteiger partial charge on any atom is -0.383 e. The minimum atomic E-state index is 0.171. The molecule has 0 radical (unpaired) electrons. The van der Waals surface area contributed by atoms with Gasteiger partial charge in [0.1, 0.15) is 6.07 Å². The highest BCUT2D eigenvalue weighted by Gasteiger charge is 2.17. The van der Waals surface area contributed by atoms with Gasteiger partial charge in [-0.25, -0.2) is 0 Å². The van der Waals surface area contributed by atoms with Crippen molar-refractivity contribution in [2.75, 3.05) is 17.6 Å². The fourth-order valence-electron chi connectivity index (χ4n) is 1.39. The van der Waals surface area contributed by atoms with Gasteiger partial charge >= 0.3 is 0 Å². The minimum absolute atomic E-state index is 0.171. The first-order valence-electron chi connectivity index (χ1n) is 5.31. The third kappa shape index (κ3) is 3.74. The molecule has 0 amide bonds. The largest absolute Gasteiger partial charge is 0.383 e. The molecular formula is C12H17N3S. The molecule has 0 unspecified atom stereocenters. The molecule has 1 heterocycles. The second-order valence-electron chi connectivity index (χ2n) is 4.08. The Kier molecular flexibility index (Phi) is 4.63. The van der Waals surface area contributed by atoms with Crippen LogP contribution in [-0.4, -0.2) is 22.0 Å². The summed E-state index contributed by atoms with van der Waals surface area (Å²) in [5.74, 6) is 1.09. The van der Waals surface area contributed by atoms with E-state index in [0.717, 1.165) is 18.0 Å². The van der Waals surface area contributed by atoms with E-state index in [-0.39, 0.29) is 4.75 Å². The van der Waals surface area contributed by atoms with Crippen LogP contribution < -0.4 is 5.32 Å². The zero-order chi connectivity index (χ0) is 12.0. The molecule has 0 bridgehead atoms. The lowest BCUT2D eigenvalue weighted by Crippen LogP contribution is -2.26. The molecular weight excluding hydrogens is 218 g/mol. The molecule has 3 nitrogen and oxygen atoms in total. The average Bonchev–Trinajstić information content (AvgIpc) is 2.27.